The Morgan fingerprint density at radius 1 is 1.11 bits per heavy atom. The first-order chi connectivity index (χ1) is 8.68. The van der Waals surface area contributed by atoms with Crippen LogP contribution in [0, 0.1) is 5.92 Å². The van der Waals surface area contributed by atoms with Gasteiger partial charge in [-0.15, -0.1) is 0 Å². The highest BCUT2D eigenvalue weighted by atomic mass is 32.2. The fourth-order valence-electron chi connectivity index (χ4n) is 1.85. The van der Waals surface area contributed by atoms with Crippen LogP contribution in [0.15, 0.2) is 30.3 Å². The molecular weight excluding hydrogens is 240 g/mol. The fraction of sp³-hybridized carbons (Fsp3) is 0.625. The van der Waals surface area contributed by atoms with Gasteiger partial charge in [0, 0.05) is 5.75 Å². The summed E-state index contributed by atoms with van der Waals surface area (Å²) in [6.07, 6.45) is 4.31. The van der Waals surface area contributed by atoms with E-state index in [0.29, 0.717) is 5.92 Å². The number of rotatable bonds is 9. The molecule has 0 spiro atoms. The van der Waals surface area contributed by atoms with Gasteiger partial charge in [-0.3, -0.25) is 0 Å². The van der Waals surface area contributed by atoms with Crippen molar-refractivity contribution in [1.29, 1.82) is 0 Å². The zero-order valence-electron chi connectivity index (χ0n) is 11.6. The predicted octanol–water partition coefficient (Wildman–Crippen LogP) is 4.15. The van der Waals surface area contributed by atoms with Crippen molar-refractivity contribution in [2.45, 2.75) is 45.6 Å². The van der Waals surface area contributed by atoms with Gasteiger partial charge in [-0.2, -0.15) is 11.8 Å². The van der Waals surface area contributed by atoms with Crippen LogP contribution in [0.1, 0.15) is 38.7 Å². The minimum absolute atomic E-state index is 0.117. The number of hydrogen-bond donors (Lipinski definition) is 1. The van der Waals surface area contributed by atoms with Crippen molar-refractivity contribution >= 4 is 11.8 Å². The van der Waals surface area contributed by atoms with E-state index in [1.807, 2.05) is 11.8 Å². The minimum atomic E-state index is -0.117. The summed E-state index contributed by atoms with van der Waals surface area (Å²) >= 11 is 1.88. The van der Waals surface area contributed by atoms with Gasteiger partial charge in [0.05, 0.1) is 6.10 Å². The van der Waals surface area contributed by atoms with E-state index in [2.05, 4.69) is 44.2 Å². The molecule has 0 aliphatic carbocycles. The Kier molecular flexibility index (Phi) is 8.19. The van der Waals surface area contributed by atoms with Crippen molar-refractivity contribution in [3.63, 3.8) is 0 Å². The molecule has 1 aromatic carbocycles. The molecular formula is C16H26OS. The van der Waals surface area contributed by atoms with Gasteiger partial charge < -0.3 is 5.11 Å². The highest BCUT2D eigenvalue weighted by Crippen LogP contribution is 2.13. The minimum Gasteiger partial charge on any atom is -0.392 e. The summed E-state index contributed by atoms with van der Waals surface area (Å²) in [4.78, 5) is 0. The largest absolute Gasteiger partial charge is 0.392 e. The zero-order chi connectivity index (χ0) is 13.2. The van der Waals surface area contributed by atoms with Crippen molar-refractivity contribution in [3.8, 4) is 0 Å². The molecule has 1 unspecified atom stereocenters. The number of thioether (sulfide) groups is 1. The normalized spacial score (nSPS) is 12.9. The van der Waals surface area contributed by atoms with E-state index >= 15 is 0 Å². The highest BCUT2D eigenvalue weighted by Gasteiger charge is 2.05. The van der Waals surface area contributed by atoms with Gasteiger partial charge in [0.15, 0.2) is 0 Å². The molecule has 18 heavy (non-hydrogen) atoms. The molecule has 1 atom stereocenters. The second kappa shape index (κ2) is 9.46. The van der Waals surface area contributed by atoms with Crippen LogP contribution in [-0.4, -0.2) is 22.7 Å². The lowest BCUT2D eigenvalue weighted by atomic mass is 10.1. The Bertz CT molecular complexity index is 297. The first kappa shape index (κ1) is 15.6. The van der Waals surface area contributed by atoms with Gasteiger partial charge in [-0.05, 0) is 42.9 Å². The molecule has 0 saturated carbocycles. The van der Waals surface area contributed by atoms with Crippen LogP contribution in [0.4, 0.5) is 0 Å². The highest BCUT2D eigenvalue weighted by molar-refractivity contribution is 7.99. The van der Waals surface area contributed by atoms with Crippen molar-refractivity contribution in [3.05, 3.63) is 35.9 Å². The molecule has 1 nitrogen and oxygen atoms in total. The molecule has 0 saturated heterocycles. The topological polar surface area (TPSA) is 20.2 Å². The molecule has 0 fully saturated rings. The van der Waals surface area contributed by atoms with E-state index in [4.69, 9.17) is 0 Å². The lowest BCUT2D eigenvalue weighted by molar-refractivity contribution is 0.180. The Labute approximate surface area is 116 Å². The Morgan fingerprint density at radius 2 is 1.83 bits per heavy atom. The maximum Gasteiger partial charge on any atom is 0.0630 e. The summed E-state index contributed by atoms with van der Waals surface area (Å²) in [6.45, 7) is 4.42. The van der Waals surface area contributed by atoms with Gasteiger partial charge >= 0.3 is 0 Å². The quantitative estimate of drug-likeness (QED) is 0.678. The van der Waals surface area contributed by atoms with E-state index < -0.39 is 0 Å². The molecule has 1 rings (SSSR count). The summed E-state index contributed by atoms with van der Waals surface area (Å²) in [5.74, 6) is 2.73. The van der Waals surface area contributed by atoms with Gasteiger partial charge in [0.2, 0.25) is 0 Å². The number of aliphatic hydroxyl groups is 1. The summed E-state index contributed by atoms with van der Waals surface area (Å²) < 4.78 is 0. The summed E-state index contributed by atoms with van der Waals surface area (Å²) in [5.41, 5.74) is 1.42. The third-order valence-electron chi connectivity index (χ3n) is 2.98. The SMILES string of the molecule is CC(C)CCC(O)CSCCCc1ccccc1. The average molecular weight is 266 g/mol. The predicted molar refractivity (Wildman–Crippen MR) is 82.2 cm³/mol. The lowest BCUT2D eigenvalue weighted by Crippen LogP contribution is -2.11. The molecule has 2 heteroatoms. The van der Waals surface area contributed by atoms with E-state index in [-0.39, 0.29) is 6.10 Å². The Hall–Kier alpha value is -0.470. The molecule has 0 radical (unpaired) electrons. The van der Waals surface area contributed by atoms with Crippen LogP contribution in [-0.2, 0) is 6.42 Å². The number of hydrogen-bond acceptors (Lipinski definition) is 2. The van der Waals surface area contributed by atoms with Crippen molar-refractivity contribution in [1.82, 2.24) is 0 Å². The zero-order valence-corrected chi connectivity index (χ0v) is 12.5. The molecule has 0 aliphatic heterocycles. The van der Waals surface area contributed by atoms with Crippen molar-refractivity contribution < 1.29 is 5.11 Å². The van der Waals surface area contributed by atoms with E-state index in [9.17, 15) is 5.11 Å². The molecule has 0 aromatic heterocycles. The molecule has 0 bridgehead atoms. The third-order valence-corrected chi connectivity index (χ3v) is 4.18. The second-order valence-electron chi connectivity index (χ2n) is 5.29. The first-order valence-electron chi connectivity index (χ1n) is 6.98. The first-order valence-corrected chi connectivity index (χ1v) is 8.13. The number of aliphatic hydroxyl groups excluding tert-OH is 1. The molecule has 1 aromatic rings. The second-order valence-corrected chi connectivity index (χ2v) is 6.44. The fourth-order valence-corrected chi connectivity index (χ4v) is 2.81. The summed E-state index contributed by atoms with van der Waals surface area (Å²) in [7, 11) is 0. The summed E-state index contributed by atoms with van der Waals surface area (Å²) in [6, 6.07) is 10.6. The molecule has 0 heterocycles. The van der Waals surface area contributed by atoms with Crippen LogP contribution in [0.25, 0.3) is 0 Å². The molecule has 0 amide bonds. The van der Waals surface area contributed by atoms with Gasteiger partial charge in [-0.25, -0.2) is 0 Å². The Morgan fingerprint density at radius 3 is 2.50 bits per heavy atom. The van der Waals surface area contributed by atoms with Gasteiger partial charge in [0.1, 0.15) is 0 Å². The van der Waals surface area contributed by atoms with E-state index in [1.165, 1.54) is 12.0 Å². The maximum absolute atomic E-state index is 9.79. The number of benzene rings is 1. The van der Waals surface area contributed by atoms with Crippen LogP contribution in [0.5, 0.6) is 0 Å². The van der Waals surface area contributed by atoms with Crippen LogP contribution in [0.2, 0.25) is 0 Å². The van der Waals surface area contributed by atoms with Gasteiger partial charge in [-0.1, -0.05) is 44.2 Å². The monoisotopic (exact) mass is 266 g/mol. The van der Waals surface area contributed by atoms with Crippen LogP contribution >= 0.6 is 11.8 Å². The average Bonchev–Trinajstić information content (AvgIpc) is 2.37. The lowest BCUT2D eigenvalue weighted by Gasteiger charge is -2.11. The number of aryl methyl sites for hydroxylation is 1. The Balaban J connectivity index is 1.98. The van der Waals surface area contributed by atoms with E-state index in [1.54, 1.807) is 0 Å². The summed E-state index contributed by atoms with van der Waals surface area (Å²) in [5, 5.41) is 9.79. The van der Waals surface area contributed by atoms with Crippen molar-refractivity contribution in [2.24, 2.45) is 5.92 Å². The maximum atomic E-state index is 9.79. The van der Waals surface area contributed by atoms with Crippen LogP contribution in [0.3, 0.4) is 0 Å². The smallest absolute Gasteiger partial charge is 0.0630 e. The molecule has 102 valence electrons. The standard InChI is InChI=1S/C16H26OS/c1-14(2)10-11-16(17)13-18-12-6-9-15-7-4-3-5-8-15/h3-5,7-8,14,16-17H,6,9-13H2,1-2H3. The van der Waals surface area contributed by atoms with Crippen molar-refractivity contribution in [2.75, 3.05) is 11.5 Å². The van der Waals surface area contributed by atoms with E-state index in [0.717, 1.165) is 30.8 Å². The molecule has 1 N–H and O–H groups in total. The van der Waals surface area contributed by atoms with Gasteiger partial charge in [0.25, 0.3) is 0 Å². The van der Waals surface area contributed by atoms with Crippen LogP contribution < -0.4 is 0 Å². The third kappa shape index (κ3) is 7.78. The molecule has 0 aliphatic rings.